The van der Waals surface area contributed by atoms with Crippen LogP contribution in [0, 0.1) is 0 Å². The third kappa shape index (κ3) is 3.42. The van der Waals surface area contributed by atoms with E-state index in [2.05, 4.69) is 47.4 Å². The lowest BCUT2D eigenvalue weighted by Crippen LogP contribution is -2.19. The Morgan fingerprint density at radius 2 is 1.68 bits per heavy atom. The molecule has 3 heteroatoms. The summed E-state index contributed by atoms with van der Waals surface area (Å²) in [5.74, 6) is 2.29. The van der Waals surface area contributed by atoms with E-state index >= 15 is 0 Å². The fourth-order valence-electron chi connectivity index (χ4n) is 3.16. The summed E-state index contributed by atoms with van der Waals surface area (Å²) in [5, 5.41) is 0. The highest BCUT2D eigenvalue weighted by Gasteiger charge is 2.24. The van der Waals surface area contributed by atoms with Gasteiger partial charge in [0, 0.05) is 19.2 Å². The van der Waals surface area contributed by atoms with Crippen molar-refractivity contribution in [2.24, 2.45) is 0 Å². The molecule has 3 nitrogen and oxygen atoms in total. The zero-order valence-corrected chi connectivity index (χ0v) is 13.3. The Morgan fingerprint density at radius 3 is 2.32 bits per heavy atom. The smallest absolute Gasteiger partial charge is 0.122 e. The molecule has 0 spiro atoms. The maximum Gasteiger partial charge on any atom is 0.122 e. The Kier molecular flexibility index (Phi) is 4.64. The molecule has 0 N–H and O–H groups in total. The predicted octanol–water partition coefficient (Wildman–Crippen LogP) is 3.69. The second kappa shape index (κ2) is 6.84. The molecular weight excluding hydrogens is 274 g/mol. The van der Waals surface area contributed by atoms with Crippen molar-refractivity contribution in [3.8, 4) is 11.5 Å². The van der Waals surface area contributed by atoms with Crippen molar-refractivity contribution in [2.75, 3.05) is 27.3 Å². The number of benzene rings is 2. The summed E-state index contributed by atoms with van der Waals surface area (Å²) in [6.07, 6.45) is 1.18. The molecule has 1 unspecified atom stereocenters. The molecule has 1 aliphatic rings. The van der Waals surface area contributed by atoms with E-state index in [1.54, 1.807) is 14.2 Å². The molecule has 3 rings (SSSR count). The monoisotopic (exact) mass is 297 g/mol. The van der Waals surface area contributed by atoms with Gasteiger partial charge in [0.05, 0.1) is 14.2 Å². The fraction of sp³-hybridized carbons (Fsp3) is 0.368. The fourth-order valence-corrected chi connectivity index (χ4v) is 3.16. The molecule has 116 valence electrons. The van der Waals surface area contributed by atoms with Crippen LogP contribution in [0.5, 0.6) is 11.5 Å². The second-order valence-electron chi connectivity index (χ2n) is 5.85. The van der Waals surface area contributed by atoms with Crippen LogP contribution >= 0.6 is 0 Å². The molecule has 0 aliphatic carbocycles. The maximum absolute atomic E-state index is 5.39. The van der Waals surface area contributed by atoms with Crippen molar-refractivity contribution >= 4 is 0 Å². The molecular formula is C19H23NO2. The molecule has 0 amide bonds. The van der Waals surface area contributed by atoms with Crippen molar-refractivity contribution in [2.45, 2.75) is 18.9 Å². The molecule has 0 saturated carbocycles. The summed E-state index contributed by atoms with van der Waals surface area (Å²) in [4.78, 5) is 2.52. The molecule has 0 bridgehead atoms. The average Bonchev–Trinajstić information content (AvgIpc) is 3.03. The molecule has 2 aromatic carbocycles. The van der Waals surface area contributed by atoms with Gasteiger partial charge in [-0.1, -0.05) is 30.3 Å². The Balaban J connectivity index is 1.69. The van der Waals surface area contributed by atoms with E-state index in [4.69, 9.17) is 9.47 Å². The largest absolute Gasteiger partial charge is 0.497 e. The standard InChI is InChI=1S/C19H23NO2/c1-21-18-10-17(11-19(12-18)22-2)16-8-9-20(14-16)13-15-6-4-3-5-7-15/h3-7,10-12,16H,8-9,13-14H2,1-2H3. The normalized spacial score (nSPS) is 18.4. The lowest BCUT2D eigenvalue weighted by molar-refractivity contribution is 0.326. The number of hydrogen-bond acceptors (Lipinski definition) is 3. The van der Waals surface area contributed by atoms with Crippen molar-refractivity contribution in [1.82, 2.24) is 4.90 Å². The molecule has 0 aromatic heterocycles. The summed E-state index contributed by atoms with van der Waals surface area (Å²) in [6, 6.07) is 16.9. The zero-order chi connectivity index (χ0) is 15.4. The van der Waals surface area contributed by atoms with Crippen LogP contribution in [0.2, 0.25) is 0 Å². The van der Waals surface area contributed by atoms with E-state index in [0.29, 0.717) is 5.92 Å². The van der Waals surface area contributed by atoms with Gasteiger partial charge in [-0.3, -0.25) is 4.90 Å². The van der Waals surface area contributed by atoms with Crippen LogP contribution in [0.15, 0.2) is 48.5 Å². The van der Waals surface area contributed by atoms with Crippen LogP contribution < -0.4 is 9.47 Å². The first kappa shape index (κ1) is 14.9. The lowest BCUT2D eigenvalue weighted by Gasteiger charge is -2.17. The summed E-state index contributed by atoms with van der Waals surface area (Å²) in [6.45, 7) is 3.25. The first-order valence-corrected chi connectivity index (χ1v) is 7.77. The SMILES string of the molecule is COc1cc(OC)cc(C2CCN(Cc3ccccc3)C2)c1. The van der Waals surface area contributed by atoms with Gasteiger partial charge in [-0.05, 0) is 42.1 Å². The minimum Gasteiger partial charge on any atom is -0.497 e. The zero-order valence-electron chi connectivity index (χ0n) is 13.3. The number of hydrogen-bond donors (Lipinski definition) is 0. The Morgan fingerprint density at radius 1 is 1.00 bits per heavy atom. The van der Waals surface area contributed by atoms with Gasteiger partial charge in [0.2, 0.25) is 0 Å². The van der Waals surface area contributed by atoms with E-state index in [9.17, 15) is 0 Å². The minimum absolute atomic E-state index is 0.549. The molecule has 1 atom stereocenters. The van der Waals surface area contributed by atoms with E-state index in [0.717, 1.165) is 31.1 Å². The Labute approximate surface area is 132 Å². The van der Waals surface area contributed by atoms with Crippen LogP contribution in [0.25, 0.3) is 0 Å². The van der Waals surface area contributed by atoms with Gasteiger partial charge in [0.1, 0.15) is 11.5 Å². The van der Waals surface area contributed by atoms with Gasteiger partial charge in [-0.25, -0.2) is 0 Å². The van der Waals surface area contributed by atoms with Gasteiger partial charge in [0.25, 0.3) is 0 Å². The van der Waals surface area contributed by atoms with Gasteiger partial charge in [-0.2, -0.15) is 0 Å². The summed E-state index contributed by atoms with van der Waals surface area (Å²) < 4.78 is 10.8. The molecule has 1 fully saturated rings. The van der Waals surface area contributed by atoms with E-state index < -0.39 is 0 Å². The Hall–Kier alpha value is -2.00. The predicted molar refractivity (Wildman–Crippen MR) is 88.6 cm³/mol. The number of rotatable bonds is 5. The highest BCUT2D eigenvalue weighted by Crippen LogP contribution is 2.33. The van der Waals surface area contributed by atoms with Crippen LogP contribution in [-0.4, -0.2) is 32.2 Å². The van der Waals surface area contributed by atoms with Crippen LogP contribution in [-0.2, 0) is 6.54 Å². The third-order valence-corrected chi connectivity index (χ3v) is 4.37. The summed E-state index contributed by atoms with van der Waals surface area (Å²) in [7, 11) is 3.41. The van der Waals surface area contributed by atoms with Crippen molar-refractivity contribution in [3.63, 3.8) is 0 Å². The number of nitrogens with zero attached hydrogens (tertiary/aromatic N) is 1. The van der Waals surface area contributed by atoms with Crippen LogP contribution in [0.3, 0.4) is 0 Å². The first-order chi connectivity index (χ1) is 10.8. The van der Waals surface area contributed by atoms with Gasteiger partial charge >= 0.3 is 0 Å². The van der Waals surface area contributed by atoms with Gasteiger partial charge in [0.15, 0.2) is 0 Å². The molecule has 1 saturated heterocycles. The molecule has 0 radical (unpaired) electrons. The quantitative estimate of drug-likeness (QED) is 0.840. The second-order valence-corrected chi connectivity index (χ2v) is 5.85. The van der Waals surface area contributed by atoms with Crippen molar-refractivity contribution in [3.05, 3.63) is 59.7 Å². The van der Waals surface area contributed by atoms with E-state index in [1.807, 2.05) is 6.07 Å². The number of ether oxygens (including phenoxy) is 2. The average molecular weight is 297 g/mol. The summed E-state index contributed by atoms with van der Waals surface area (Å²) in [5.41, 5.74) is 2.69. The Bertz CT molecular complexity index is 590. The van der Waals surface area contributed by atoms with E-state index in [1.165, 1.54) is 17.5 Å². The van der Waals surface area contributed by atoms with Gasteiger partial charge < -0.3 is 9.47 Å². The highest BCUT2D eigenvalue weighted by molar-refractivity contribution is 5.40. The highest BCUT2D eigenvalue weighted by atomic mass is 16.5. The maximum atomic E-state index is 5.39. The number of likely N-dealkylation sites (tertiary alicyclic amines) is 1. The third-order valence-electron chi connectivity index (χ3n) is 4.37. The lowest BCUT2D eigenvalue weighted by atomic mass is 9.98. The number of methoxy groups -OCH3 is 2. The first-order valence-electron chi connectivity index (χ1n) is 7.77. The minimum atomic E-state index is 0.549. The topological polar surface area (TPSA) is 21.7 Å². The van der Waals surface area contributed by atoms with E-state index in [-0.39, 0.29) is 0 Å². The molecule has 22 heavy (non-hydrogen) atoms. The van der Waals surface area contributed by atoms with Crippen molar-refractivity contribution in [1.29, 1.82) is 0 Å². The summed E-state index contributed by atoms with van der Waals surface area (Å²) >= 11 is 0. The van der Waals surface area contributed by atoms with Crippen molar-refractivity contribution < 1.29 is 9.47 Å². The van der Waals surface area contributed by atoms with Crippen LogP contribution in [0.4, 0.5) is 0 Å². The molecule has 1 aliphatic heterocycles. The molecule has 2 aromatic rings. The molecule has 1 heterocycles. The van der Waals surface area contributed by atoms with Crippen LogP contribution in [0.1, 0.15) is 23.5 Å². The van der Waals surface area contributed by atoms with Gasteiger partial charge in [-0.15, -0.1) is 0 Å².